The molecule has 1 aromatic rings. The maximum atomic E-state index is 14.0. The van der Waals surface area contributed by atoms with Gasteiger partial charge >= 0.3 is 5.97 Å². The molecule has 0 heterocycles. The molecule has 10 amide bonds. The number of aromatic hydroxyl groups is 1. The lowest BCUT2D eigenvalue weighted by molar-refractivity contribution is -0.143. The van der Waals surface area contributed by atoms with Crippen LogP contribution in [0, 0.1) is 17.8 Å². The zero-order valence-electron chi connectivity index (χ0n) is 44.8. The number of carbonyl (C=O) groups excluding carboxylic acids is 10. The second-order valence-corrected chi connectivity index (χ2v) is 20.5. The van der Waals surface area contributed by atoms with Crippen LogP contribution in [0.5, 0.6) is 5.75 Å². The number of aliphatic hydroxyl groups is 1. The lowest BCUT2D eigenvalue weighted by Crippen LogP contribution is -2.61. The van der Waals surface area contributed by atoms with Gasteiger partial charge in [-0.2, -0.15) is 25.3 Å². The quantitative estimate of drug-likeness (QED) is 0.0232. The molecule has 0 saturated heterocycles. The number of carboxylic acids is 1. The van der Waals surface area contributed by atoms with Crippen molar-refractivity contribution >= 4 is 90.3 Å². The minimum Gasteiger partial charge on any atom is -0.508 e. The predicted molar refractivity (Wildman–Crippen MR) is 290 cm³/mol. The fourth-order valence-electron chi connectivity index (χ4n) is 7.38. The maximum absolute atomic E-state index is 14.0. The highest BCUT2D eigenvalue weighted by atomic mass is 32.1. The van der Waals surface area contributed by atoms with Crippen LogP contribution in [-0.4, -0.2) is 165 Å². The van der Waals surface area contributed by atoms with Gasteiger partial charge in [-0.15, -0.1) is 0 Å². The van der Waals surface area contributed by atoms with Gasteiger partial charge < -0.3 is 80.4 Å². The van der Waals surface area contributed by atoms with E-state index in [-0.39, 0.29) is 67.7 Å². The van der Waals surface area contributed by atoms with Gasteiger partial charge in [-0.3, -0.25) is 47.9 Å². The summed E-state index contributed by atoms with van der Waals surface area (Å²) in [5.41, 5.74) is 17.4. The SMILES string of the molecule is CC(C)C[C@H](NC(=O)[C@@H](N)CC(C)C)C(=O)N[C@@H](CS)C(=O)N[C@@H](Cc1ccc(O)cc1)C(=O)N[C@@H](CO)C(=O)N[C@@H](CS)C(=O)N[C@@H](CCCCN)C(=O)N[C@@H](C)C(=O)N[C@@H](CCC(N)=O)C(=O)N[C@H](C(=O)O)C(C)C. The van der Waals surface area contributed by atoms with Gasteiger partial charge in [0.15, 0.2) is 0 Å². The highest BCUT2D eigenvalue weighted by Crippen LogP contribution is 2.14. The molecule has 0 aliphatic heterocycles. The van der Waals surface area contributed by atoms with Gasteiger partial charge in [0.25, 0.3) is 0 Å². The molecule has 0 fully saturated rings. The Morgan fingerprint density at radius 1 is 0.532 bits per heavy atom. The molecule has 18 N–H and O–H groups in total. The van der Waals surface area contributed by atoms with Crippen molar-refractivity contribution in [3.8, 4) is 5.75 Å². The van der Waals surface area contributed by atoms with E-state index in [1.54, 1.807) is 13.8 Å². The Hall–Kier alpha value is -6.23. The average Bonchev–Trinajstić information content (AvgIpc) is 3.35. The van der Waals surface area contributed by atoms with Crippen molar-refractivity contribution in [3.05, 3.63) is 29.8 Å². The van der Waals surface area contributed by atoms with E-state index in [9.17, 15) is 68.1 Å². The summed E-state index contributed by atoms with van der Waals surface area (Å²) in [6.45, 7) is 11.0. The summed E-state index contributed by atoms with van der Waals surface area (Å²) >= 11 is 8.44. The van der Waals surface area contributed by atoms with Crippen molar-refractivity contribution in [2.24, 2.45) is 35.0 Å². The van der Waals surface area contributed by atoms with Crippen LogP contribution >= 0.6 is 25.3 Å². The minimum atomic E-state index is -1.75. The summed E-state index contributed by atoms with van der Waals surface area (Å²) in [6.07, 6.45) is 0.338. The third-order valence-corrected chi connectivity index (χ3v) is 12.5. The third kappa shape index (κ3) is 25.7. The predicted octanol–water partition coefficient (Wildman–Crippen LogP) is -3.28. The molecule has 77 heavy (non-hydrogen) atoms. The number of phenolic OH excluding ortho intramolecular Hbond substituents is 1. The van der Waals surface area contributed by atoms with Crippen molar-refractivity contribution in [1.29, 1.82) is 0 Å². The van der Waals surface area contributed by atoms with Crippen LogP contribution in [-0.2, 0) is 59.2 Å². The lowest BCUT2D eigenvalue weighted by Gasteiger charge is -2.27. The number of rotatable bonds is 36. The Morgan fingerprint density at radius 2 is 0.961 bits per heavy atom. The summed E-state index contributed by atoms with van der Waals surface area (Å²) in [6, 6.07) is -8.00. The van der Waals surface area contributed by atoms with Crippen LogP contribution < -0.4 is 65.1 Å². The number of carbonyl (C=O) groups is 11. The molecule has 0 aromatic heterocycles. The second-order valence-electron chi connectivity index (χ2n) is 19.8. The number of hydrogen-bond donors (Lipinski definition) is 17. The molecule has 0 saturated carbocycles. The number of hydrogen-bond acceptors (Lipinski definition) is 17. The van der Waals surface area contributed by atoms with Gasteiger partial charge in [-0.1, -0.05) is 53.7 Å². The Labute approximate surface area is 460 Å². The van der Waals surface area contributed by atoms with E-state index in [0.717, 1.165) is 0 Å². The summed E-state index contributed by atoms with van der Waals surface area (Å²) in [4.78, 5) is 145. The van der Waals surface area contributed by atoms with Gasteiger partial charge in [0, 0.05) is 24.3 Å². The van der Waals surface area contributed by atoms with E-state index in [2.05, 4.69) is 73.1 Å². The number of phenols is 1. The monoisotopic (exact) mass is 1130 g/mol. The topological polar surface area (TPSA) is 435 Å². The molecule has 0 unspecified atom stereocenters. The lowest BCUT2D eigenvalue weighted by atomic mass is 10.0. The molecule has 0 bridgehead atoms. The first-order valence-electron chi connectivity index (χ1n) is 25.4. The smallest absolute Gasteiger partial charge is 0.326 e. The highest BCUT2D eigenvalue weighted by molar-refractivity contribution is 7.80. The molecule has 434 valence electrons. The summed E-state index contributed by atoms with van der Waals surface area (Å²) in [5, 5.41) is 52.0. The third-order valence-electron chi connectivity index (χ3n) is 11.7. The largest absolute Gasteiger partial charge is 0.508 e. The average molecular weight is 1130 g/mol. The number of nitrogens with one attached hydrogen (secondary N) is 9. The Bertz CT molecular complexity index is 2160. The standard InChI is InChI=1S/C49H82N12O14S2/c1-24(2)18-30(51)41(66)56-33(19-25(3)4)44(69)59-37(23-77)48(73)57-34(20-28-11-13-29(63)14-12-28)45(70)58-35(21-62)46(71)60-36(22-76)47(72)55-31(10-8-9-17-50)42(67)53-27(7)40(65)54-32(15-16-38(52)64)43(68)61-39(26(5)6)49(74)75/h11-14,24-27,30-37,39,62-63,76-77H,8-10,15-23,50-51H2,1-7H3,(H2,52,64)(H,53,67)(H,54,65)(H,55,72)(H,56,66)(H,57,73)(H,58,70)(H,59,69)(H,60,71)(H,61,68)(H,74,75)/t27-,30-,31-,32-,33-,34-,35-,36-,37-,39-/m0/s1. The van der Waals surface area contributed by atoms with Crippen LogP contribution in [0.15, 0.2) is 24.3 Å². The highest BCUT2D eigenvalue weighted by Gasteiger charge is 2.35. The van der Waals surface area contributed by atoms with E-state index >= 15 is 0 Å². The van der Waals surface area contributed by atoms with Gasteiger partial charge in [0.05, 0.1) is 12.6 Å². The Morgan fingerprint density at radius 3 is 1.44 bits per heavy atom. The first-order valence-corrected chi connectivity index (χ1v) is 26.7. The first kappa shape index (κ1) is 68.8. The van der Waals surface area contributed by atoms with Gasteiger partial charge in [0.2, 0.25) is 59.1 Å². The van der Waals surface area contributed by atoms with Crippen molar-refractivity contribution < 1.29 is 68.1 Å². The molecule has 26 nitrogen and oxygen atoms in total. The van der Waals surface area contributed by atoms with Crippen LogP contribution in [0.3, 0.4) is 0 Å². The number of aliphatic carboxylic acids is 1. The van der Waals surface area contributed by atoms with Crippen molar-refractivity contribution in [2.75, 3.05) is 24.7 Å². The van der Waals surface area contributed by atoms with E-state index < -0.39 is 138 Å². The number of aliphatic hydroxyl groups excluding tert-OH is 1. The molecule has 10 atom stereocenters. The Kier molecular flexibility index (Phi) is 31.5. The zero-order chi connectivity index (χ0) is 58.7. The Balaban J connectivity index is 3.31. The summed E-state index contributed by atoms with van der Waals surface area (Å²) < 4.78 is 0. The number of benzene rings is 1. The van der Waals surface area contributed by atoms with Gasteiger partial charge in [-0.05, 0) is 87.4 Å². The summed E-state index contributed by atoms with van der Waals surface area (Å²) in [5.74, 6) is -11.4. The molecular weight excluding hydrogens is 1040 g/mol. The number of unbranched alkanes of at least 4 members (excludes halogenated alkanes) is 1. The molecular formula is C49H82N12O14S2. The normalized spacial score (nSPS) is 15.2. The van der Waals surface area contributed by atoms with Crippen molar-refractivity contribution in [1.82, 2.24) is 47.9 Å². The van der Waals surface area contributed by atoms with Crippen molar-refractivity contribution in [3.63, 3.8) is 0 Å². The zero-order valence-corrected chi connectivity index (χ0v) is 46.5. The number of amides is 10. The number of primary amides is 1. The molecule has 28 heteroatoms. The molecule has 0 aliphatic carbocycles. The van der Waals surface area contributed by atoms with Gasteiger partial charge in [-0.25, -0.2) is 4.79 Å². The number of thiol groups is 2. The number of carboxylic acid groups (broad SMARTS) is 1. The number of nitrogens with two attached hydrogens (primary N) is 3. The van der Waals surface area contributed by atoms with E-state index in [1.165, 1.54) is 31.2 Å². The fraction of sp³-hybridized carbons (Fsp3) is 0.653. The van der Waals surface area contributed by atoms with Crippen LogP contribution in [0.4, 0.5) is 0 Å². The van der Waals surface area contributed by atoms with E-state index in [0.29, 0.717) is 24.8 Å². The van der Waals surface area contributed by atoms with Crippen molar-refractivity contribution in [2.45, 2.75) is 160 Å². The van der Waals surface area contributed by atoms with Crippen LogP contribution in [0.25, 0.3) is 0 Å². The van der Waals surface area contributed by atoms with Crippen LogP contribution in [0.1, 0.15) is 99.0 Å². The molecule has 1 rings (SSSR count). The fourth-order valence-corrected chi connectivity index (χ4v) is 7.89. The molecule has 0 radical (unpaired) electrons. The minimum absolute atomic E-state index is 0.0186. The van der Waals surface area contributed by atoms with Gasteiger partial charge in [0.1, 0.15) is 60.1 Å². The second kappa shape index (κ2) is 35.2. The molecule has 1 aromatic carbocycles. The maximum Gasteiger partial charge on any atom is 0.326 e. The van der Waals surface area contributed by atoms with E-state index in [4.69, 9.17) is 17.2 Å². The first-order chi connectivity index (χ1) is 36.1. The van der Waals surface area contributed by atoms with Crippen LogP contribution in [0.2, 0.25) is 0 Å². The van der Waals surface area contributed by atoms with E-state index in [1.807, 2.05) is 27.7 Å². The summed E-state index contributed by atoms with van der Waals surface area (Å²) in [7, 11) is 0. The molecule has 0 aliphatic rings. The molecule has 0 spiro atoms.